The van der Waals surface area contributed by atoms with Gasteiger partial charge >= 0.3 is 0 Å². The molecule has 20 heavy (non-hydrogen) atoms. The number of rotatable bonds is 2. The SMILES string of the molecule is COc1cccc(-c2ccc3cc(N)ccc3c2)c1F. The predicted octanol–water partition coefficient (Wildman–Crippen LogP) is 4.24. The van der Waals surface area contributed by atoms with Gasteiger partial charge in [-0.25, -0.2) is 4.39 Å². The summed E-state index contributed by atoms with van der Waals surface area (Å²) >= 11 is 0. The highest BCUT2D eigenvalue weighted by molar-refractivity contribution is 5.89. The maximum absolute atomic E-state index is 14.3. The van der Waals surface area contributed by atoms with Crippen molar-refractivity contribution in [1.29, 1.82) is 0 Å². The minimum absolute atomic E-state index is 0.250. The highest BCUT2D eigenvalue weighted by atomic mass is 19.1. The Morgan fingerprint density at radius 3 is 2.50 bits per heavy atom. The zero-order valence-electron chi connectivity index (χ0n) is 11.1. The summed E-state index contributed by atoms with van der Waals surface area (Å²) in [7, 11) is 1.46. The maximum Gasteiger partial charge on any atom is 0.172 e. The number of fused-ring (bicyclic) bond motifs is 1. The van der Waals surface area contributed by atoms with Crippen molar-refractivity contribution in [3.05, 3.63) is 60.4 Å². The van der Waals surface area contributed by atoms with Crippen LogP contribution in [-0.4, -0.2) is 7.11 Å². The van der Waals surface area contributed by atoms with E-state index in [1.165, 1.54) is 7.11 Å². The van der Waals surface area contributed by atoms with Gasteiger partial charge in [-0.1, -0.05) is 30.3 Å². The Kier molecular flexibility index (Phi) is 3.03. The fourth-order valence-corrected chi connectivity index (χ4v) is 2.32. The van der Waals surface area contributed by atoms with Gasteiger partial charge in [0.2, 0.25) is 0 Å². The number of ether oxygens (including phenoxy) is 1. The quantitative estimate of drug-likeness (QED) is 0.705. The van der Waals surface area contributed by atoms with Crippen molar-refractivity contribution in [2.75, 3.05) is 12.8 Å². The van der Waals surface area contributed by atoms with E-state index in [9.17, 15) is 4.39 Å². The monoisotopic (exact) mass is 267 g/mol. The summed E-state index contributed by atoms with van der Waals surface area (Å²) in [5.41, 5.74) is 7.83. The second kappa shape index (κ2) is 4.85. The molecule has 100 valence electrons. The van der Waals surface area contributed by atoms with E-state index < -0.39 is 0 Å². The number of anilines is 1. The van der Waals surface area contributed by atoms with Gasteiger partial charge in [0.05, 0.1) is 7.11 Å². The molecule has 0 unspecified atom stereocenters. The van der Waals surface area contributed by atoms with E-state index in [1.807, 2.05) is 36.4 Å². The lowest BCUT2D eigenvalue weighted by Gasteiger charge is -2.09. The van der Waals surface area contributed by atoms with Crippen molar-refractivity contribution in [3.8, 4) is 16.9 Å². The third-order valence-corrected chi connectivity index (χ3v) is 3.36. The number of hydrogen-bond donors (Lipinski definition) is 1. The normalized spacial score (nSPS) is 10.7. The number of hydrogen-bond acceptors (Lipinski definition) is 2. The van der Waals surface area contributed by atoms with Gasteiger partial charge in [0.15, 0.2) is 11.6 Å². The topological polar surface area (TPSA) is 35.2 Å². The van der Waals surface area contributed by atoms with Crippen molar-refractivity contribution in [3.63, 3.8) is 0 Å². The largest absolute Gasteiger partial charge is 0.494 e. The van der Waals surface area contributed by atoms with Crippen molar-refractivity contribution in [2.24, 2.45) is 0 Å². The average molecular weight is 267 g/mol. The molecule has 3 rings (SSSR count). The standard InChI is InChI=1S/C17H14FNO/c1-20-16-4-2-3-15(17(16)18)13-6-5-12-10-14(19)8-7-11(12)9-13/h2-10H,19H2,1H3. The first-order valence-corrected chi connectivity index (χ1v) is 6.31. The van der Waals surface area contributed by atoms with Crippen molar-refractivity contribution in [1.82, 2.24) is 0 Å². The fraction of sp³-hybridized carbons (Fsp3) is 0.0588. The van der Waals surface area contributed by atoms with Crippen molar-refractivity contribution < 1.29 is 9.13 Å². The molecule has 2 nitrogen and oxygen atoms in total. The van der Waals surface area contributed by atoms with Gasteiger partial charge in [0.25, 0.3) is 0 Å². The molecule has 0 aromatic heterocycles. The Hall–Kier alpha value is -2.55. The lowest BCUT2D eigenvalue weighted by molar-refractivity contribution is 0.387. The van der Waals surface area contributed by atoms with E-state index in [0.717, 1.165) is 22.0 Å². The Morgan fingerprint density at radius 1 is 0.950 bits per heavy atom. The van der Waals surface area contributed by atoms with E-state index in [0.29, 0.717) is 5.56 Å². The molecule has 0 bridgehead atoms. The Labute approximate surface area is 116 Å². The predicted molar refractivity (Wildman–Crippen MR) is 80.3 cm³/mol. The van der Waals surface area contributed by atoms with Crippen LogP contribution in [0.3, 0.4) is 0 Å². The zero-order valence-corrected chi connectivity index (χ0v) is 11.1. The first-order valence-electron chi connectivity index (χ1n) is 6.31. The lowest BCUT2D eigenvalue weighted by Crippen LogP contribution is -1.91. The molecule has 0 heterocycles. The number of nitrogens with two attached hydrogens (primary N) is 1. The van der Waals surface area contributed by atoms with Crippen molar-refractivity contribution in [2.45, 2.75) is 0 Å². The summed E-state index contributed by atoms with van der Waals surface area (Å²) in [5.74, 6) is -0.0929. The highest BCUT2D eigenvalue weighted by Crippen LogP contribution is 2.31. The summed E-state index contributed by atoms with van der Waals surface area (Å²) in [6.45, 7) is 0. The van der Waals surface area contributed by atoms with Crippen LogP contribution >= 0.6 is 0 Å². The molecule has 0 fully saturated rings. The lowest BCUT2D eigenvalue weighted by atomic mass is 10.0. The Morgan fingerprint density at radius 2 is 1.70 bits per heavy atom. The highest BCUT2D eigenvalue weighted by Gasteiger charge is 2.10. The van der Waals surface area contributed by atoms with Crippen LogP contribution in [-0.2, 0) is 0 Å². The summed E-state index contributed by atoms with van der Waals surface area (Å²) < 4.78 is 19.3. The molecule has 0 saturated carbocycles. The van der Waals surface area contributed by atoms with Crippen LogP contribution in [0.4, 0.5) is 10.1 Å². The number of halogens is 1. The van der Waals surface area contributed by atoms with Gasteiger partial charge in [0, 0.05) is 11.3 Å². The second-order valence-corrected chi connectivity index (χ2v) is 4.64. The van der Waals surface area contributed by atoms with E-state index in [1.54, 1.807) is 18.2 Å². The van der Waals surface area contributed by atoms with Gasteiger partial charge in [-0.15, -0.1) is 0 Å². The molecule has 0 atom stereocenters. The number of benzene rings is 3. The molecule has 0 amide bonds. The zero-order chi connectivity index (χ0) is 14.1. The van der Waals surface area contributed by atoms with Crippen LogP contribution in [0.15, 0.2) is 54.6 Å². The van der Waals surface area contributed by atoms with E-state index in [4.69, 9.17) is 10.5 Å². The van der Waals surface area contributed by atoms with E-state index in [2.05, 4.69) is 0 Å². The summed E-state index contributed by atoms with van der Waals surface area (Å²) in [5, 5.41) is 2.07. The molecular formula is C17H14FNO. The van der Waals surface area contributed by atoms with Crippen molar-refractivity contribution >= 4 is 16.5 Å². The molecule has 0 aliphatic carbocycles. The van der Waals surface area contributed by atoms with Gasteiger partial charge in [-0.2, -0.15) is 0 Å². The minimum Gasteiger partial charge on any atom is -0.494 e. The van der Waals surface area contributed by atoms with Crippen LogP contribution in [0.2, 0.25) is 0 Å². The molecule has 3 aromatic carbocycles. The van der Waals surface area contributed by atoms with Gasteiger partial charge in [-0.3, -0.25) is 0 Å². The third-order valence-electron chi connectivity index (χ3n) is 3.36. The van der Waals surface area contributed by atoms with E-state index in [-0.39, 0.29) is 11.6 Å². The summed E-state index contributed by atoms with van der Waals surface area (Å²) in [6, 6.07) is 16.6. The smallest absolute Gasteiger partial charge is 0.172 e. The van der Waals surface area contributed by atoms with E-state index >= 15 is 0 Å². The molecule has 3 heteroatoms. The number of methoxy groups -OCH3 is 1. The Bertz CT molecular complexity index is 783. The van der Waals surface area contributed by atoms with Crippen LogP contribution in [0.25, 0.3) is 21.9 Å². The third kappa shape index (κ3) is 2.07. The molecule has 0 spiro atoms. The average Bonchev–Trinajstić information content (AvgIpc) is 2.47. The molecule has 2 N–H and O–H groups in total. The first-order chi connectivity index (χ1) is 9.69. The van der Waals surface area contributed by atoms with Crippen LogP contribution < -0.4 is 10.5 Å². The number of nitrogen functional groups attached to an aromatic ring is 1. The first kappa shape index (κ1) is 12.5. The van der Waals surface area contributed by atoms with Crippen LogP contribution in [0, 0.1) is 5.82 Å². The van der Waals surface area contributed by atoms with Crippen LogP contribution in [0.1, 0.15) is 0 Å². The van der Waals surface area contributed by atoms with Gasteiger partial charge in [0.1, 0.15) is 0 Å². The molecular weight excluding hydrogens is 253 g/mol. The minimum atomic E-state index is -0.343. The molecule has 3 aromatic rings. The van der Waals surface area contributed by atoms with Gasteiger partial charge < -0.3 is 10.5 Å². The Balaban J connectivity index is 2.17. The molecule has 0 radical (unpaired) electrons. The maximum atomic E-state index is 14.3. The van der Waals surface area contributed by atoms with Crippen LogP contribution in [0.5, 0.6) is 5.75 Å². The van der Waals surface area contributed by atoms with Gasteiger partial charge in [-0.05, 0) is 40.6 Å². The molecule has 0 aliphatic rings. The summed E-state index contributed by atoms with van der Waals surface area (Å²) in [4.78, 5) is 0. The second-order valence-electron chi connectivity index (χ2n) is 4.64. The molecule has 0 saturated heterocycles. The summed E-state index contributed by atoms with van der Waals surface area (Å²) in [6.07, 6.45) is 0. The fourth-order valence-electron chi connectivity index (χ4n) is 2.32. The molecule has 0 aliphatic heterocycles.